The zero-order valence-corrected chi connectivity index (χ0v) is 11.8. The molecule has 0 aliphatic carbocycles. The molecule has 1 amide bonds. The molecule has 0 fully saturated rings. The lowest BCUT2D eigenvalue weighted by atomic mass is 10.1. The average Bonchev–Trinajstić information content (AvgIpc) is 2.48. The van der Waals surface area contributed by atoms with Gasteiger partial charge in [-0.1, -0.05) is 17.7 Å². The fraction of sp³-hybridized carbons (Fsp3) is 0.400. The van der Waals surface area contributed by atoms with E-state index in [0.717, 1.165) is 11.3 Å². The first-order valence-electron chi connectivity index (χ1n) is 6.57. The lowest BCUT2D eigenvalue weighted by molar-refractivity contribution is -0.122. The van der Waals surface area contributed by atoms with Crippen molar-refractivity contribution >= 4 is 5.91 Å². The van der Waals surface area contributed by atoms with Crippen molar-refractivity contribution in [3.05, 3.63) is 41.3 Å². The zero-order valence-electron chi connectivity index (χ0n) is 11.8. The summed E-state index contributed by atoms with van der Waals surface area (Å²) in [7, 11) is 1.64. The predicted molar refractivity (Wildman–Crippen MR) is 74.4 cm³/mol. The van der Waals surface area contributed by atoms with Crippen LogP contribution in [0, 0.1) is 6.92 Å². The third-order valence-electron chi connectivity index (χ3n) is 2.99. The van der Waals surface area contributed by atoms with Gasteiger partial charge in [-0.05, 0) is 25.0 Å². The first-order chi connectivity index (χ1) is 9.70. The monoisotopic (exact) mass is 277 g/mol. The molecule has 1 aliphatic heterocycles. The largest absolute Gasteiger partial charge is 0.496 e. The summed E-state index contributed by atoms with van der Waals surface area (Å²) in [5, 5.41) is 2.80. The van der Waals surface area contributed by atoms with Crippen LogP contribution in [0.25, 0.3) is 0 Å². The third-order valence-corrected chi connectivity index (χ3v) is 2.99. The molecule has 1 aromatic rings. The summed E-state index contributed by atoms with van der Waals surface area (Å²) in [4.78, 5) is 11.8. The predicted octanol–water partition coefficient (Wildman–Crippen LogP) is 1.55. The van der Waals surface area contributed by atoms with E-state index in [0.29, 0.717) is 26.2 Å². The maximum Gasteiger partial charge on any atom is 0.289 e. The quantitative estimate of drug-likeness (QED) is 0.887. The molecule has 20 heavy (non-hydrogen) atoms. The van der Waals surface area contributed by atoms with Crippen molar-refractivity contribution in [2.24, 2.45) is 0 Å². The molecule has 1 heterocycles. The molecule has 1 N–H and O–H groups in total. The maximum absolute atomic E-state index is 11.8. The number of methoxy groups -OCH3 is 1. The number of carbonyl (C=O) groups is 1. The van der Waals surface area contributed by atoms with Gasteiger partial charge in [0.25, 0.3) is 5.91 Å². The van der Waals surface area contributed by atoms with Gasteiger partial charge in [0.1, 0.15) is 25.2 Å². The van der Waals surface area contributed by atoms with Gasteiger partial charge in [0.2, 0.25) is 5.76 Å². The normalized spacial score (nSPS) is 13.8. The molecule has 0 spiro atoms. The molecule has 0 unspecified atom stereocenters. The minimum absolute atomic E-state index is 0.229. The molecule has 1 aromatic carbocycles. The van der Waals surface area contributed by atoms with Crippen molar-refractivity contribution in [1.29, 1.82) is 0 Å². The van der Waals surface area contributed by atoms with Gasteiger partial charge in [0.15, 0.2) is 0 Å². The number of rotatable bonds is 5. The number of benzene rings is 1. The van der Waals surface area contributed by atoms with E-state index in [1.165, 1.54) is 11.8 Å². The van der Waals surface area contributed by atoms with Crippen molar-refractivity contribution in [3.8, 4) is 5.75 Å². The van der Waals surface area contributed by atoms with Crippen molar-refractivity contribution in [1.82, 2.24) is 5.32 Å². The SMILES string of the molecule is COc1ccc(C)cc1CCNC(=O)C1=COCCO1. The van der Waals surface area contributed by atoms with E-state index in [4.69, 9.17) is 14.2 Å². The topological polar surface area (TPSA) is 56.8 Å². The van der Waals surface area contributed by atoms with Gasteiger partial charge in [-0.25, -0.2) is 0 Å². The van der Waals surface area contributed by atoms with Gasteiger partial charge in [0.05, 0.1) is 7.11 Å². The van der Waals surface area contributed by atoms with E-state index in [1.807, 2.05) is 19.1 Å². The Kier molecular flexibility index (Phi) is 4.87. The molecule has 2 rings (SSSR count). The molecule has 0 saturated carbocycles. The van der Waals surface area contributed by atoms with Gasteiger partial charge in [-0.3, -0.25) is 4.79 Å². The second kappa shape index (κ2) is 6.84. The first kappa shape index (κ1) is 14.2. The molecular formula is C15H19NO4. The lowest BCUT2D eigenvalue weighted by Gasteiger charge is -2.15. The summed E-state index contributed by atoms with van der Waals surface area (Å²) < 4.78 is 15.6. The fourth-order valence-corrected chi connectivity index (χ4v) is 1.99. The smallest absolute Gasteiger partial charge is 0.289 e. The fourth-order valence-electron chi connectivity index (χ4n) is 1.99. The van der Waals surface area contributed by atoms with E-state index in [2.05, 4.69) is 11.4 Å². The minimum Gasteiger partial charge on any atom is -0.496 e. The van der Waals surface area contributed by atoms with E-state index in [9.17, 15) is 4.79 Å². The van der Waals surface area contributed by atoms with Crippen LogP contribution in [0.1, 0.15) is 11.1 Å². The van der Waals surface area contributed by atoms with Crippen molar-refractivity contribution in [2.45, 2.75) is 13.3 Å². The number of hydrogen-bond acceptors (Lipinski definition) is 4. The number of carbonyl (C=O) groups excluding carboxylic acids is 1. The number of hydrogen-bond donors (Lipinski definition) is 1. The Bertz CT molecular complexity index is 511. The average molecular weight is 277 g/mol. The van der Waals surface area contributed by atoms with Gasteiger partial charge >= 0.3 is 0 Å². The van der Waals surface area contributed by atoms with E-state index >= 15 is 0 Å². The summed E-state index contributed by atoms with van der Waals surface area (Å²) in [6.07, 6.45) is 2.05. The summed E-state index contributed by atoms with van der Waals surface area (Å²) >= 11 is 0. The molecule has 0 atom stereocenters. The number of nitrogens with one attached hydrogen (secondary N) is 1. The highest BCUT2D eigenvalue weighted by Crippen LogP contribution is 2.19. The minimum atomic E-state index is -0.253. The van der Waals surface area contributed by atoms with Gasteiger partial charge in [-0.15, -0.1) is 0 Å². The molecule has 0 saturated heterocycles. The summed E-state index contributed by atoms with van der Waals surface area (Å²) in [6, 6.07) is 6.00. The van der Waals surface area contributed by atoms with Gasteiger partial charge < -0.3 is 19.5 Å². The van der Waals surface area contributed by atoms with Crippen molar-refractivity contribution in [2.75, 3.05) is 26.9 Å². The second-order valence-corrected chi connectivity index (χ2v) is 4.52. The molecule has 1 aliphatic rings. The van der Waals surface area contributed by atoms with Crippen molar-refractivity contribution < 1.29 is 19.0 Å². The number of aryl methyl sites for hydroxylation is 1. The Hall–Kier alpha value is -2.17. The molecule has 0 bridgehead atoms. The second-order valence-electron chi connectivity index (χ2n) is 4.52. The Morgan fingerprint density at radius 3 is 2.95 bits per heavy atom. The lowest BCUT2D eigenvalue weighted by Crippen LogP contribution is -2.30. The summed E-state index contributed by atoms with van der Waals surface area (Å²) in [6.45, 7) is 3.43. The van der Waals surface area contributed by atoms with Gasteiger partial charge in [0, 0.05) is 6.54 Å². The molecule has 0 radical (unpaired) electrons. The van der Waals surface area contributed by atoms with Crippen LogP contribution < -0.4 is 10.1 Å². The first-order valence-corrected chi connectivity index (χ1v) is 6.57. The van der Waals surface area contributed by atoms with Crippen LogP contribution in [0.4, 0.5) is 0 Å². The van der Waals surface area contributed by atoms with Crippen LogP contribution in [0.2, 0.25) is 0 Å². The van der Waals surface area contributed by atoms with Crippen LogP contribution in [-0.4, -0.2) is 32.8 Å². The standard InChI is InChI=1S/C15H19NO4/c1-11-3-4-13(18-2)12(9-11)5-6-16-15(17)14-10-19-7-8-20-14/h3-4,9-10H,5-8H2,1-2H3,(H,16,17). The Morgan fingerprint density at radius 2 is 2.25 bits per heavy atom. The highest BCUT2D eigenvalue weighted by molar-refractivity contribution is 5.91. The highest BCUT2D eigenvalue weighted by atomic mass is 16.6. The molecule has 0 aromatic heterocycles. The van der Waals surface area contributed by atoms with Crippen molar-refractivity contribution in [3.63, 3.8) is 0 Å². The highest BCUT2D eigenvalue weighted by Gasteiger charge is 2.14. The number of ether oxygens (including phenoxy) is 3. The zero-order chi connectivity index (χ0) is 14.4. The van der Waals surface area contributed by atoms with Crippen LogP contribution in [0.15, 0.2) is 30.2 Å². The summed E-state index contributed by atoms with van der Waals surface area (Å²) in [5.41, 5.74) is 2.24. The van der Waals surface area contributed by atoms with Crippen LogP contribution in [0.3, 0.4) is 0 Å². The molecule has 108 valence electrons. The Labute approximate surface area is 118 Å². The summed E-state index contributed by atoms with van der Waals surface area (Å²) in [5.74, 6) is 0.810. The van der Waals surface area contributed by atoms with E-state index in [1.54, 1.807) is 7.11 Å². The van der Waals surface area contributed by atoms with Crippen LogP contribution in [-0.2, 0) is 20.7 Å². The van der Waals surface area contributed by atoms with Crippen LogP contribution in [0.5, 0.6) is 5.75 Å². The Morgan fingerprint density at radius 1 is 1.40 bits per heavy atom. The maximum atomic E-state index is 11.8. The third kappa shape index (κ3) is 3.66. The molecule has 5 heteroatoms. The van der Waals surface area contributed by atoms with Crippen LogP contribution >= 0.6 is 0 Å². The van der Waals surface area contributed by atoms with E-state index < -0.39 is 0 Å². The molecule has 5 nitrogen and oxygen atoms in total. The van der Waals surface area contributed by atoms with Gasteiger partial charge in [-0.2, -0.15) is 0 Å². The Balaban J connectivity index is 1.88. The molecular weight excluding hydrogens is 258 g/mol. The van der Waals surface area contributed by atoms with E-state index in [-0.39, 0.29) is 11.7 Å². The number of amides is 1.